The van der Waals surface area contributed by atoms with Gasteiger partial charge in [-0.15, -0.1) is 0 Å². The molecule has 0 aliphatic carbocycles. The third-order valence-corrected chi connectivity index (χ3v) is 2.23. The van der Waals surface area contributed by atoms with E-state index >= 15 is 0 Å². The standard InChI is InChI=1S/C9H13N3O3/c10-1-2-11-8(13)6-12-4-7(5-12)3-9(14)15/h7H,2-6H2,(H,11,13)(H,14,15). The van der Waals surface area contributed by atoms with E-state index < -0.39 is 5.97 Å². The van der Waals surface area contributed by atoms with Crippen LogP contribution in [0.5, 0.6) is 0 Å². The van der Waals surface area contributed by atoms with E-state index in [4.69, 9.17) is 10.4 Å². The van der Waals surface area contributed by atoms with Crippen molar-refractivity contribution in [1.29, 1.82) is 5.26 Å². The summed E-state index contributed by atoms with van der Waals surface area (Å²) >= 11 is 0. The number of nitriles is 1. The fourth-order valence-corrected chi connectivity index (χ4v) is 1.58. The number of amides is 1. The Kier molecular flexibility index (Phi) is 4.06. The van der Waals surface area contributed by atoms with Gasteiger partial charge in [0, 0.05) is 13.1 Å². The first-order valence-corrected chi connectivity index (χ1v) is 4.69. The van der Waals surface area contributed by atoms with Crippen LogP contribution in [-0.4, -0.2) is 48.1 Å². The van der Waals surface area contributed by atoms with Gasteiger partial charge in [-0.05, 0) is 5.92 Å². The lowest BCUT2D eigenvalue weighted by Gasteiger charge is -2.37. The molecular weight excluding hydrogens is 198 g/mol. The highest BCUT2D eigenvalue weighted by Crippen LogP contribution is 2.17. The molecule has 0 unspecified atom stereocenters. The number of rotatable bonds is 5. The highest BCUT2D eigenvalue weighted by Gasteiger charge is 2.29. The van der Waals surface area contributed by atoms with Crippen molar-refractivity contribution in [1.82, 2.24) is 10.2 Å². The third-order valence-electron chi connectivity index (χ3n) is 2.23. The summed E-state index contributed by atoms with van der Waals surface area (Å²) in [5, 5.41) is 19.1. The quantitative estimate of drug-likeness (QED) is 0.571. The second-order valence-corrected chi connectivity index (χ2v) is 3.59. The van der Waals surface area contributed by atoms with Crippen molar-refractivity contribution in [2.75, 3.05) is 26.2 Å². The molecule has 1 heterocycles. The van der Waals surface area contributed by atoms with Crippen LogP contribution in [-0.2, 0) is 9.59 Å². The summed E-state index contributed by atoms with van der Waals surface area (Å²) in [6.45, 7) is 1.56. The maximum atomic E-state index is 11.1. The molecule has 0 aromatic rings. The Labute approximate surface area is 87.5 Å². The van der Waals surface area contributed by atoms with Crippen LogP contribution in [0.2, 0.25) is 0 Å². The van der Waals surface area contributed by atoms with Crippen LogP contribution < -0.4 is 5.32 Å². The number of nitrogens with one attached hydrogen (secondary N) is 1. The molecule has 6 heteroatoms. The number of carbonyl (C=O) groups is 2. The number of carboxylic acids is 1. The van der Waals surface area contributed by atoms with E-state index in [9.17, 15) is 9.59 Å². The van der Waals surface area contributed by atoms with E-state index in [1.807, 2.05) is 11.0 Å². The summed E-state index contributed by atoms with van der Waals surface area (Å²) in [7, 11) is 0. The van der Waals surface area contributed by atoms with Gasteiger partial charge < -0.3 is 10.4 Å². The van der Waals surface area contributed by atoms with Crippen molar-refractivity contribution in [2.24, 2.45) is 5.92 Å². The first-order valence-electron chi connectivity index (χ1n) is 4.69. The van der Waals surface area contributed by atoms with Gasteiger partial charge in [0.25, 0.3) is 0 Å². The predicted octanol–water partition coefficient (Wildman–Crippen LogP) is -0.967. The van der Waals surface area contributed by atoms with Gasteiger partial charge in [-0.2, -0.15) is 5.26 Å². The van der Waals surface area contributed by atoms with Crippen molar-refractivity contribution in [2.45, 2.75) is 6.42 Å². The number of aliphatic carboxylic acids is 1. The van der Waals surface area contributed by atoms with Gasteiger partial charge >= 0.3 is 5.97 Å². The zero-order chi connectivity index (χ0) is 11.3. The van der Waals surface area contributed by atoms with Crippen LogP contribution in [0, 0.1) is 17.2 Å². The molecule has 1 rings (SSSR count). The predicted molar refractivity (Wildman–Crippen MR) is 50.8 cm³/mol. The second kappa shape index (κ2) is 5.32. The molecule has 15 heavy (non-hydrogen) atoms. The topological polar surface area (TPSA) is 93.4 Å². The van der Waals surface area contributed by atoms with Crippen molar-refractivity contribution in [3.63, 3.8) is 0 Å². The Morgan fingerprint density at radius 3 is 2.73 bits per heavy atom. The Hall–Kier alpha value is -1.61. The molecule has 0 aromatic heterocycles. The van der Waals surface area contributed by atoms with E-state index in [1.165, 1.54) is 0 Å². The maximum absolute atomic E-state index is 11.1. The number of likely N-dealkylation sites (tertiary alicyclic amines) is 1. The molecule has 1 aliphatic rings. The molecule has 0 spiro atoms. The Morgan fingerprint density at radius 2 is 2.20 bits per heavy atom. The molecule has 1 fully saturated rings. The molecule has 82 valence electrons. The van der Waals surface area contributed by atoms with Crippen LogP contribution in [0.15, 0.2) is 0 Å². The van der Waals surface area contributed by atoms with E-state index in [0.29, 0.717) is 13.1 Å². The molecule has 1 aliphatic heterocycles. The van der Waals surface area contributed by atoms with Crippen LogP contribution in [0.3, 0.4) is 0 Å². The zero-order valence-electron chi connectivity index (χ0n) is 8.27. The van der Waals surface area contributed by atoms with Crippen LogP contribution >= 0.6 is 0 Å². The lowest BCUT2D eigenvalue weighted by Crippen LogP contribution is -2.51. The lowest BCUT2D eigenvalue weighted by atomic mass is 9.96. The van der Waals surface area contributed by atoms with Crippen LogP contribution in [0.25, 0.3) is 0 Å². The van der Waals surface area contributed by atoms with Crippen molar-refractivity contribution in [3.8, 4) is 6.07 Å². The third kappa shape index (κ3) is 3.95. The zero-order valence-corrected chi connectivity index (χ0v) is 8.27. The van der Waals surface area contributed by atoms with Gasteiger partial charge in [0.2, 0.25) is 5.91 Å². The fourth-order valence-electron chi connectivity index (χ4n) is 1.58. The minimum absolute atomic E-state index is 0.0191. The normalized spacial score (nSPS) is 16.5. The first kappa shape index (κ1) is 11.5. The SMILES string of the molecule is N#CCNC(=O)CN1CC(CC(=O)O)C1. The van der Waals surface area contributed by atoms with Crippen molar-refractivity contribution < 1.29 is 14.7 Å². The molecule has 0 atom stereocenters. The summed E-state index contributed by atoms with van der Waals surface area (Å²) in [5.74, 6) is -0.829. The van der Waals surface area contributed by atoms with Gasteiger partial charge in [-0.25, -0.2) is 0 Å². The van der Waals surface area contributed by atoms with Gasteiger partial charge in [-0.3, -0.25) is 14.5 Å². The van der Waals surface area contributed by atoms with Crippen molar-refractivity contribution >= 4 is 11.9 Å². The number of nitrogens with zero attached hydrogens (tertiary/aromatic N) is 2. The molecular formula is C9H13N3O3. The average Bonchev–Trinajstić information content (AvgIpc) is 2.10. The monoisotopic (exact) mass is 211 g/mol. The van der Waals surface area contributed by atoms with E-state index in [0.717, 1.165) is 0 Å². The molecule has 2 N–H and O–H groups in total. The molecule has 1 amide bonds. The number of hydrogen-bond donors (Lipinski definition) is 2. The summed E-state index contributed by atoms with van der Waals surface area (Å²) in [5.41, 5.74) is 0. The molecule has 0 radical (unpaired) electrons. The largest absolute Gasteiger partial charge is 0.481 e. The molecule has 6 nitrogen and oxygen atoms in total. The second-order valence-electron chi connectivity index (χ2n) is 3.59. The van der Waals surface area contributed by atoms with E-state index in [-0.39, 0.29) is 31.3 Å². The molecule has 0 saturated carbocycles. The van der Waals surface area contributed by atoms with Crippen LogP contribution in [0.1, 0.15) is 6.42 Å². The fraction of sp³-hybridized carbons (Fsp3) is 0.667. The Bertz CT molecular complexity index is 291. The van der Waals surface area contributed by atoms with Gasteiger partial charge in [-0.1, -0.05) is 0 Å². The summed E-state index contributed by atoms with van der Waals surface area (Å²) in [6.07, 6.45) is 0.163. The number of carbonyl (C=O) groups excluding carboxylic acids is 1. The maximum Gasteiger partial charge on any atom is 0.303 e. The summed E-state index contributed by atoms with van der Waals surface area (Å²) in [6, 6.07) is 1.81. The summed E-state index contributed by atoms with van der Waals surface area (Å²) < 4.78 is 0. The van der Waals surface area contributed by atoms with Gasteiger partial charge in [0.05, 0.1) is 19.0 Å². The molecule has 1 saturated heterocycles. The number of carboxylic acid groups (broad SMARTS) is 1. The smallest absolute Gasteiger partial charge is 0.303 e. The van der Waals surface area contributed by atoms with Gasteiger partial charge in [0.1, 0.15) is 6.54 Å². The molecule has 0 aromatic carbocycles. The Balaban J connectivity index is 2.10. The highest BCUT2D eigenvalue weighted by molar-refractivity contribution is 5.78. The first-order chi connectivity index (χ1) is 7.11. The van der Waals surface area contributed by atoms with E-state index in [2.05, 4.69) is 5.32 Å². The highest BCUT2D eigenvalue weighted by atomic mass is 16.4. The van der Waals surface area contributed by atoms with Gasteiger partial charge in [0.15, 0.2) is 0 Å². The lowest BCUT2D eigenvalue weighted by molar-refractivity contribution is -0.139. The minimum atomic E-state index is -0.798. The summed E-state index contributed by atoms with van der Waals surface area (Å²) in [4.78, 5) is 23.3. The van der Waals surface area contributed by atoms with Crippen molar-refractivity contribution in [3.05, 3.63) is 0 Å². The Morgan fingerprint density at radius 1 is 1.53 bits per heavy atom. The number of hydrogen-bond acceptors (Lipinski definition) is 4. The van der Waals surface area contributed by atoms with E-state index in [1.54, 1.807) is 0 Å². The molecule has 0 bridgehead atoms. The minimum Gasteiger partial charge on any atom is -0.481 e. The average molecular weight is 211 g/mol. The van der Waals surface area contributed by atoms with Crippen LogP contribution in [0.4, 0.5) is 0 Å².